The molecule has 17 heavy (non-hydrogen) atoms. The first-order chi connectivity index (χ1) is 8.17. The van der Waals surface area contributed by atoms with Gasteiger partial charge in [0, 0.05) is 18.6 Å². The summed E-state index contributed by atoms with van der Waals surface area (Å²) < 4.78 is 0. The van der Waals surface area contributed by atoms with E-state index in [1.165, 1.54) is 5.56 Å². The van der Waals surface area contributed by atoms with Crippen molar-refractivity contribution < 1.29 is 5.11 Å². The van der Waals surface area contributed by atoms with E-state index in [0.29, 0.717) is 6.61 Å². The van der Waals surface area contributed by atoms with Gasteiger partial charge < -0.3 is 10.4 Å². The van der Waals surface area contributed by atoms with Crippen LogP contribution < -0.4 is 5.32 Å². The van der Waals surface area contributed by atoms with Crippen molar-refractivity contribution in [2.45, 2.75) is 38.5 Å². The molecule has 1 aromatic rings. The number of hydrogen-bond acceptors (Lipinski definition) is 2. The van der Waals surface area contributed by atoms with Crippen LogP contribution in [0.25, 0.3) is 0 Å². The quantitative estimate of drug-likeness (QED) is 0.679. The number of benzene rings is 1. The summed E-state index contributed by atoms with van der Waals surface area (Å²) in [6, 6.07) is 10.6. The molecular formula is C15H25NO. The fourth-order valence-electron chi connectivity index (χ4n) is 1.93. The first-order valence-corrected chi connectivity index (χ1v) is 6.54. The first kappa shape index (κ1) is 14.2. The SMILES string of the molecule is CC(C)(CNCCCCCO)c1ccccc1. The van der Waals surface area contributed by atoms with Crippen molar-refractivity contribution in [1.82, 2.24) is 5.32 Å². The fraction of sp³-hybridized carbons (Fsp3) is 0.600. The number of aliphatic hydroxyl groups excluding tert-OH is 1. The second-order valence-corrected chi connectivity index (χ2v) is 5.21. The smallest absolute Gasteiger partial charge is 0.0431 e. The summed E-state index contributed by atoms with van der Waals surface area (Å²) in [5, 5.41) is 12.2. The Morgan fingerprint density at radius 1 is 1.06 bits per heavy atom. The molecule has 0 heterocycles. The van der Waals surface area contributed by atoms with Crippen LogP contribution in [-0.4, -0.2) is 24.8 Å². The van der Waals surface area contributed by atoms with Gasteiger partial charge in [-0.15, -0.1) is 0 Å². The van der Waals surface area contributed by atoms with Crippen LogP contribution in [0.15, 0.2) is 30.3 Å². The van der Waals surface area contributed by atoms with Gasteiger partial charge in [0.2, 0.25) is 0 Å². The third kappa shape index (κ3) is 5.33. The third-order valence-corrected chi connectivity index (χ3v) is 3.13. The second-order valence-electron chi connectivity index (χ2n) is 5.21. The summed E-state index contributed by atoms with van der Waals surface area (Å²) in [5.41, 5.74) is 1.56. The molecule has 0 amide bonds. The van der Waals surface area contributed by atoms with E-state index in [1.54, 1.807) is 0 Å². The van der Waals surface area contributed by atoms with Gasteiger partial charge in [-0.1, -0.05) is 44.2 Å². The van der Waals surface area contributed by atoms with Crippen LogP contribution in [0.3, 0.4) is 0 Å². The molecule has 0 aromatic heterocycles. The number of aliphatic hydroxyl groups is 1. The molecule has 2 N–H and O–H groups in total. The van der Waals surface area contributed by atoms with Crippen LogP contribution in [-0.2, 0) is 5.41 Å². The molecule has 0 aliphatic carbocycles. The molecule has 0 saturated carbocycles. The van der Waals surface area contributed by atoms with Gasteiger partial charge in [0.25, 0.3) is 0 Å². The Labute approximate surface area is 105 Å². The van der Waals surface area contributed by atoms with Gasteiger partial charge in [0.1, 0.15) is 0 Å². The molecule has 0 aliphatic rings. The summed E-state index contributed by atoms with van der Waals surface area (Å²) in [6.07, 6.45) is 3.17. The molecule has 1 aromatic carbocycles. The Morgan fingerprint density at radius 2 is 1.76 bits per heavy atom. The maximum absolute atomic E-state index is 8.68. The van der Waals surface area contributed by atoms with Gasteiger partial charge in [0.15, 0.2) is 0 Å². The van der Waals surface area contributed by atoms with Crippen LogP contribution in [0.5, 0.6) is 0 Å². The van der Waals surface area contributed by atoms with E-state index in [-0.39, 0.29) is 5.41 Å². The minimum atomic E-state index is 0.179. The van der Waals surface area contributed by atoms with Gasteiger partial charge in [-0.25, -0.2) is 0 Å². The first-order valence-electron chi connectivity index (χ1n) is 6.54. The molecule has 96 valence electrons. The molecular weight excluding hydrogens is 210 g/mol. The van der Waals surface area contributed by atoms with E-state index in [9.17, 15) is 0 Å². The van der Waals surface area contributed by atoms with Crippen LogP contribution in [0.4, 0.5) is 0 Å². The molecule has 0 radical (unpaired) electrons. The molecule has 2 heteroatoms. The minimum absolute atomic E-state index is 0.179. The average Bonchev–Trinajstić information content (AvgIpc) is 2.35. The van der Waals surface area contributed by atoms with Crippen molar-refractivity contribution >= 4 is 0 Å². The highest BCUT2D eigenvalue weighted by Gasteiger charge is 2.19. The van der Waals surface area contributed by atoms with Crippen LogP contribution in [0, 0.1) is 0 Å². The predicted molar refractivity (Wildman–Crippen MR) is 73.3 cm³/mol. The summed E-state index contributed by atoms with van der Waals surface area (Å²) in [7, 11) is 0. The fourth-order valence-corrected chi connectivity index (χ4v) is 1.93. The van der Waals surface area contributed by atoms with E-state index in [0.717, 1.165) is 32.4 Å². The van der Waals surface area contributed by atoms with Gasteiger partial charge in [0.05, 0.1) is 0 Å². The van der Waals surface area contributed by atoms with E-state index >= 15 is 0 Å². The highest BCUT2D eigenvalue weighted by molar-refractivity contribution is 5.23. The van der Waals surface area contributed by atoms with E-state index in [1.807, 2.05) is 0 Å². The van der Waals surface area contributed by atoms with Crippen molar-refractivity contribution in [3.05, 3.63) is 35.9 Å². The largest absolute Gasteiger partial charge is 0.396 e. The molecule has 0 bridgehead atoms. The molecule has 0 atom stereocenters. The normalized spacial score (nSPS) is 11.7. The standard InChI is InChI=1S/C15H25NO/c1-15(2,14-9-5-3-6-10-14)13-16-11-7-4-8-12-17/h3,5-6,9-10,16-17H,4,7-8,11-13H2,1-2H3. The average molecular weight is 235 g/mol. The Balaban J connectivity index is 2.26. The lowest BCUT2D eigenvalue weighted by Crippen LogP contribution is -2.33. The summed E-state index contributed by atoms with van der Waals surface area (Å²) in [5.74, 6) is 0. The Morgan fingerprint density at radius 3 is 2.41 bits per heavy atom. The van der Waals surface area contributed by atoms with Gasteiger partial charge in [-0.05, 0) is 31.4 Å². The molecule has 0 aliphatic heterocycles. The van der Waals surface area contributed by atoms with Crippen molar-refractivity contribution in [1.29, 1.82) is 0 Å². The monoisotopic (exact) mass is 235 g/mol. The minimum Gasteiger partial charge on any atom is -0.396 e. The van der Waals surface area contributed by atoms with E-state index < -0.39 is 0 Å². The van der Waals surface area contributed by atoms with Crippen LogP contribution in [0.1, 0.15) is 38.7 Å². The second kappa shape index (κ2) is 7.46. The summed E-state index contributed by atoms with van der Waals surface area (Å²) in [6.45, 7) is 6.88. The molecule has 0 saturated heterocycles. The zero-order valence-electron chi connectivity index (χ0n) is 11.1. The Hall–Kier alpha value is -0.860. The van der Waals surface area contributed by atoms with E-state index in [2.05, 4.69) is 49.5 Å². The molecule has 1 rings (SSSR count). The maximum atomic E-state index is 8.68. The molecule has 0 fully saturated rings. The van der Waals surface area contributed by atoms with Gasteiger partial charge >= 0.3 is 0 Å². The lowest BCUT2D eigenvalue weighted by atomic mass is 9.84. The Kier molecular flexibility index (Phi) is 6.23. The van der Waals surface area contributed by atoms with E-state index in [4.69, 9.17) is 5.11 Å². The predicted octanol–water partition coefficient (Wildman–Crippen LogP) is 2.72. The summed E-state index contributed by atoms with van der Waals surface area (Å²) in [4.78, 5) is 0. The maximum Gasteiger partial charge on any atom is 0.0431 e. The third-order valence-electron chi connectivity index (χ3n) is 3.13. The number of rotatable bonds is 8. The zero-order valence-corrected chi connectivity index (χ0v) is 11.1. The van der Waals surface area contributed by atoms with Crippen molar-refractivity contribution in [3.8, 4) is 0 Å². The zero-order chi connectivity index (χ0) is 12.6. The van der Waals surface area contributed by atoms with Crippen molar-refractivity contribution in [3.63, 3.8) is 0 Å². The molecule has 0 spiro atoms. The highest BCUT2D eigenvalue weighted by Crippen LogP contribution is 2.21. The number of hydrogen-bond donors (Lipinski definition) is 2. The van der Waals surface area contributed by atoms with Gasteiger partial charge in [-0.2, -0.15) is 0 Å². The number of nitrogens with one attached hydrogen (secondary N) is 1. The van der Waals surface area contributed by atoms with Crippen LogP contribution in [0.2, 0.25) is 0 Å². The van der Waals surface area contributed by atoms with Crippen molar-refractivity contribution in [2.24, 2.45) is 0 Å². The molecule has 0 unspecified atom stereocenters. The van der Waals surface area contributed by atoms with Crippen LogP contribution >= 0.6 is 0 Å². The number of unbranched alkanes of at least 4 members (excludes halogenated alkanes) is 2. The topological polar surface area (TPSA) is 32.3 Å². The summed E-state index contributed by atoms with van der Waals surface area (Å²) >= 11 is 0. The Bertz CT molecular complexity index is 295. The van der Waals surface area contributed by atoms with Crippen molar-refractivity contribution in [2.75, 3.05) is 19.7 Å². The molecule has 2 nitrogen and oxygen atoms in total. The highest BCUT2D eigenvalue weighted by atomic mass is 16.2. The lowest BCUT2D eigenvalue weighted by Gasteiger charge is -2.25. The lowest BCUT2D eigenvalue weighted by molar-refractivity contribution is 0.282. The van der Waals surface area contributed by atoms with Gasteiger partial charge in [-0.3, -0.25) is 0 Å².